The van der Waals surface area contributed by atoms with E-state index >= 15 is 0 Å². The Kier molecular flexibility index (Phi) is 4.19. The van der Waals surface area contributed by atoms with Crippen molar-refractivity contribution in [3.05, 3.63) is 34.9 Å². The molecule has 0 saturated heterocycles. The van der Waals surface area contributed by atoms with E-state index in [2.05, 4.69) is 5.10 Å². The predicted octanol–water partition coefficient (Wildman–Crippen LogP) is -0.484. The number of fused-ring (bicyclic) bond motifs is 1. The van der Waals surface area contributed by atoms with Gasteiger partial charge >= 0.3 is 5.69 Å². The van der Waals surface area contributed by atoms with E-state index < -0.39 is 0 Å². The number of rotatable bonds is 5. The summed E-state index contributed by atoms with van der Waals surface area (Å²) in [6.07, 6.45) is 1.69. The second kappa shape index (κ2) is 5.87. The molecule has 2 heterocycles. The highest BCUT2D eigenvalue weighted by Gasteiger charge is 2.10. The zero-order valence-corrected chi connectivity index (χ0v) is 12.0. The van der Waals surface area contributed by atoms with Crippen LogP contribution < -0.4 is 5.69 Å². The van der Waals surface area contributed by atoms with Crippen molar-refractivity contribution in [1.82, 2.24) is 24.0 Å². The fourth-order valence-electron chi connectivity index (χ4n) is 1.83. The van der Waals surface area contributed by atoms with E-state index in [0.29, 0.717) is 25.3 Å². The highest BCUT2D eigenvalue weighted by atomic mass is 16.2. The largest absolute Gasteiger partial charge is 0.350 e. The molecule has 0 N–H and O–H groups in total. The van der Waals surface area contributed by atoms with Crippen LogP contribution in [0.1, 0.15) is 0 Å². The van der Waals surface area contributed by atoms with Crippen molar-refractivity contribution < 1.29 is 4.79 Å². The van der Waals surface area contributed by atoms with Crippen LogP contribution in [0.3, 0.4) is 0 Å². The lowest BCUT2D eigenvalue weighted by Gasteiger charge is -2.18. The van der Waals surface area contributed by atoms with Crippen LogP contribution in [0.2, 0.25) is 0 Å². The Morgan fingerprint density at radius 2 is 2.05 bits per heavy atom. The number of nitrogens with zero attached hydrogens (tertiary/aromatic N) is 5. The van der Waals surface area contributed by atoms with E-state index in [4.69, 9.17) is 0 Å². The third kappa shape index (κ3) is 3.05. The zero-order chi connectivity index (χ0) is 14.7. The number of amides is 1. The minimum Gasteiger partial charge on any atom is -0.348 e. The van der Waals surface area contributed by atoms with Crippen LogP contribution in [-0.4, -0.2) is 64.1 Å². The maximum absolute atomic E-state index is 12.0. The number of likely N-dealkylation sites (N-methyl/N-ethyl adjacent to an activating group) is 2. The summed E-state index contributed by atoms with van der Waals surface area (Å²) in [5, 5.41) is 4.24. The number of carbonyl (C=O) groups is 1. The van der Waals surface area contributed by atoms with Crippen LogP contribution in [0.5, 0.6) is 0 Å². The summed E-state index contributed by atoms with van der Waals surface area (Å²) in [6.45, 7) is 1.37. The molecule has 2 aromatic heterocycles. The van der Waals surface area contributed by atoms with Crippen LogP contribution in [0.15, 0.2) is 29.2 Å². The summed E-state index contributed by atoms with van der Waals surface area (Å²) in [6, 6.07) is 5.42. The predicted molar refractivity (Wildman–Crippen MR) is 75.6 cm³/mol. The number of carbonyl (C=O) groups excluding carboxylic acids is 1. The summed E-state index contributed by atoms with van der Waals surface area (Å²) in [4.78, 5) is 27.0. The summed E-state index contributed by atoms with van der Waals surface area (Å²) < 4.78 is 2.93. The first-order valence-electron chi connectivity index (χ1n) is 6.42. The Balaban J connectivity index is 2.01. The van der Waals surface area contributed by atoms with E-state index in [9.17, 15) is 9.59 Å². The molecule has 0 spiro atoms. The monoisotopic (exact) mass is 277 g/mol. The molecule has 0 aliphatic heterocycles. The van der Waals surface area contributed by atoms with Crippen molar-refractivity contribution in [1.29, 1.82) is 0 Å². The topological polar surface area (TPSA) is 62.9 Å². The molecule has 2 rings (SSSR count). The lowest BCUT2D eigenvalue weighted by Crippen LogP contribution is -2.37. The number of hydrogen-bond acceptors (Lipinski definition) is 4. The van der Waals surface area contributed by atoms with E-state index in [-0.39, 0.29) is 11.6 Å². The first kappa shape index (κ1) is 14.3. The van der Waals surface area contributed by atoms with E-state index in [1.807, 2.05) is 18.0 Å². The Morgan fingerprint density at radius 1 is 1.30 bits per heavy atom. The first-order valence-corrected chi connectivity index (χ1v) is 6.42. The molecular weight excluding hydrogens is 258 g/mol. The number of aromatic nitrogens is 3. The molecule has 108 valence electrons. The van der Waals surface area contributed by atoms with E-state index in [1.54, 1.807) is 37.3 Å². The third-order valence-corrected chi connectivity index (χ3v) is 3.09. The molecule has 0 aromatic carbocycles. The van der Waals surface area contributed by atoms with Crippen LogP contribution in [0.4, 0.5) is 0 Å². The number of hydrogen-bond donors (Lipinski definition) is 0. The summed E-state index contributed by atoms with van der Waals surface area (Å²) in [5.74, 6) is 0.0369. The normalized spacial score (nSPS) is 11.2. The molecule has 0 fully saturated rings. The summed E-state index contributed by atoms with van der Waals surface area (Å²) >= 11 is 0. The van der Waals surface area contributed by atoms with Gasteiger partial charge in [0.25, 0.3) is 0 Å². The van der Waals surface area contributed by atoms with Gasteiger partial charge in [-0.15, -0.1) is 5.10 Å². The van der Waals surface area contributed by atoms with Crippen molar-refractivity contribution in [2.75, 3.05) is 34.2 Å². The molecule has 0 saturated carbocycles. The minimum absolute atomic E-state index is 0.0369. The molecule has 7 heteroatoms. The van der Waals surface area contributed by atoms with Gasteiger partial charge in [0.15, 0.2) is 5.65 Å². The quantitative estimate of drug-likeness (QED) is 0.740. The van der Waals surface area contributed by atoms with Crippen molar-refractivity contribution >= 4 is 11.6 Å². The van der Waals surface area contributed by atoms with Crippen LogP contribution in [-0.2, 0) is 11.3 Å². The lowest BCUT2D eigenvalue weighted by atomic mass is 10.4. The smallest absolute Gasteiger partial charge is 0.348 e. The molecule has 0 unspecified atom stereocenters. The average Bonchev–Trinajstić information content (AvgIpc) is 2.73. The summed E-state index contributed by atoms with van der Waals surface area (Å²) in [5.41, 5.74) is 0.470. The third-order valence-electron chi connectivity index (χ3n) is 3.09. The van der Waals surface area contributed by atoms with Crippen LogP contribution in [0, 0.1) is 0 Å². The Bertz CT molecular complexity index is 658. The standard InChI is InChI=1S/C13H19N5O2/c1-15(2)12(19)10-16(3)8-9-18-13(20)17-7-5-4-6-11(17)14-18/h4-7H,8-10H2,1-3H3. The van der Waals surface area contributed by atoms with Gasteiger partial charge in [0.1, 0.15) is 0 Å². The maximum Gasteiger partial charge on any atom is 0.350 e. The van der Waals surface area contributed by atoms with Crippen molar-refractivity contribution in [2.45, 2.75) is 6.54 Å². The van der Waals surface area contributed by atoms with Crippen molar-refractivity contribution in [3.63, 3.8) is 0 Å². The first-order chi connectivity index (χ1) is 9.49. The molecule has 1 amide bonds. The Labute approximate surface area is 117 Å². The lowest BCUT2D eigenvalue weighted by molar-refractivity contribution is -0.129. The van der Waals surface area contributed by atoms with Gasteiger partial charge < -0.3 is 4.90 Å². The number of pyridine rings is 1. The Hall–Kier alpha value is -2.15. The van der Waals surface area contributed by atoms with Gasteiger partial charge in [-0.05, 0) is 19.2 Å². The van der Waals surface area contributed by atoms with Gasteiger partial charge in [0.2, 0.25) is 5.91 Å². The zero-order valence-electron chi connectivity index (χ0n) is 12.0. The molecule has 0 bridgehead atoms. The van der Waals surface area contributed by atoms with Gasteiger partial charge in [0, 0.05) is 26.8 Å². The molecular formula is C13H19N5O2. The summed E-state index contributed by atoms with van der Waals surface area (Å²) in [7, 11) is 5.30. The van der Waals surface area contributed by atoms with Crippen LogP contribution in [0.25, 0.3) is 5.65 Å². The van der Waals surface area contributed by atoms with Gasteiger partial charge in [0.05, 0.1) is 13.1 Å². The fraction of sp³-hybridized carbons (Fsp3) is 0.462. The molecule has 0 atom stereocenters. The highest BCUT2D eigenvalue weighted by molar-refractivity contribution is 5.77. The van der Waals surface area contributed by atoms with Gasteiger partial charge in [-0.25, -0.2) is 9.48 Å². The second-order valence-corrected chi connectivity index (χ2v) is 4.96. The maximum atomic E-state index is 12.0. The van der Waals surface area contributed by atoms with E-state index in [0.717, 1.165) is 0 Å². The van der Waals surface area contributed by atoms with Crippen molar-refractivity contribution in [2.24, 2.45) is 0 Å². The molecule has 2 aromatic rings. The second-order valence-electron chi connectivity index (χ2n) is 4.96. The molecule has 7 nitrogen and oxygen atoms in total. The van der Waals surface area contributed by atoms with E-state index in [1.165, 1.54) is 9.08 Å². The van der Waals surface area contributed by atoms with Crippen LogP contribution >= 0.6 is 0 Å². The van der Waals surface area contributed by atoms with Gasteiger partial charge in [-0.2, -0.15) is 0 Å². The molecule has 20 heavy (non-hydrogen) atoms. The highest BCUT2D eigenvalue weighted by Crippen LogP contribution is 1.95. The minimum atomic E-state index is -0.159. The molecule has 0 radical (unpaired) electrons. The fourth-order valence-corrected chi connectivity index (χ4v) is 1.83. The Morgan fingerprint density at radius 3 is 2.70 bits per heavy atom. The van der Waals surface area contributed by atoms with Gasteiger partial charge in [-0.1, -0.05) is 6.07 Å². The molecule has 0 aliphatic carbocycles. The van der Waals surface area contributed by atoms with Gasteiger partial charge in [-0.3, -0.25) is 14.1 Å². The average molecular weight is 277 g/mol. The van der Waals surface area contributed by atoms with Crippen molar-refractivity contribution in [3.8, 4) is 0 Å². The molecule has 0 aliphatic rings. The SMILES string of the molecule is CN(CCn1nc2ccccn2c1=O)CC(=O)N(C)C.